The van der Waals surface area contributed by atoms with Crippen LogP contribution in [0.15, 0.2) is 11.6 Å². The van der Waals surface area contributed by atoms with E-state index in [9.17, 15) is 4.79 Å². The highest BCUT2D eigenvalue weighted by Crippen LogP contribution is 2.71. The summed E-state index contributed by atoms with van der Waals surface area (Å²) in [6.07, 6.45) is 16.1. The third-order valence-corrected chi connectivity index (χ3v) is 12.1. The van der Waals surface area contributed by atoms with Gasteiger partial charge in [0.15, 0.2) is 0 Å². The maximum Gasteiger partial charge on any atom is 0.138 e. The molecule has 0 spiro atoms. The van der Waals surface area contributed by atoms with Gasteiger partial charge in [-0.15, -0.1) is 0 Å². The Labute approximate surface area is 191 Å². The zero-order chi connectivity index (χ0) is 22.4. The molecule has 0 aromatic carbocycles. The zero-order valence-corrected chi connectivity index (χ0v) is 21.2. The molecule has 0 aromatic heterocycles. The Morgan fingerprint density at radius 1 is 0.968 bits per heavy atom. The molecule has 174 valence electrons. The maximum absolute atomic E-state index is 13.2. The van der Waals surface area contributed by atoms with E-state index in [0.29, 0.717) is 22.5 Å². The molecular weight excluding hydrogens is 378 g/mol. The van der Waals surface area contributed by atoms with Gasteiger partial charge in [-0.05, 0) is 110 Å². The van der Waals surface area contributed by atoms with Crippen LogP contribution in [0.2, 0.25) is 0 Å². The van der Waals surface area contributed by atoms with Gasteiger partial charge >= 0.3 is 0 Å². The minimum absolute atomic E-state index is 0.219. The Bertz CT molecular complexity index is 812. The average molecular weight is 426 g/mol. The van der Waals surface area contributed by atoms with Crippen LogP contribution in [-0.2, 0) is 4.79 Å². The van der Waals surface area contributed by atoms with Gasteiger partial charge in [0.1, 0.15) is 5.78 Å². The second-order valence-corrected chi connectivity index (χ2v) is 14.0. The van der Waals surface area contributed by atoms with Gasteiger partial charge in [0.25, 0.3) is 0 Å². The normalized spacial score (nSPS) is 53.3. The third kappa shape index (κ3) is 2.75. The summed E-state index contributed by atoms with van der Waals surface area (Å²) in [6, 6.07) is 0. The van der Waals surface area contributed by atoms with E-state index in [1.807, 2.05) is 6.92 Å². The highest BCUT2D eigenvalue weighted by Gasteiger charge is 2.67. The molecule has 2 N–H and O–H groups in total. The van der Waals surface area contributed by atoms with Crippen LogP contribution in [0.3, 0.4) is 0 Å². The van der Waals surface area contributed by atoms with Crippen molar-refractivity contribution in [1.82, 2.24) is 0 Å². The lowest BCUT2D eigenvalue weighted by molar-refractivity contribution is -0.151. The van der Waals surface area contributed by atoms with Crippen LogP contribution in [0, 0.1) is 45.3 Å². The van der Waals surface area contributed by atoms with Crippen LogP contribution in [-0.4, -0.2) is 11.3 Å². The Morgan fingerprint density at radius 3 is 2.42 bits per heavy atom. The van der Waals surface area contributed by atoms with Crippen LogP contribution < -0.4 is 5.73 Å². The van der Waals surface area contributed by atoms with Crippen molar-refractivity contribution in [3.63, 3.8) is 0 Å². The van der Waals surface area contributed by atoms with Crippen LogP contribution in [0.5, 0.6) is 0 Å². The summed E-state index contributed by atoms with van der Waals surface area (Å²) in [5, 5.41) is 0. The Hall–Kier alpha value is -0.630. The summed E-state index contributed by atoms with van der Waals surface area (Å²) in [7, 11) is 0. The number of carbonyl (C=O) groups excluding carboxylic acids is 1. The molecule has 8 unspecified atom stereocenters. The van der Waals surface area contributed by atoms with Crippen molar-refractivity contribution in [2.45, 2.75) is 118 Å². The van der Waals surface area contributed by atoms with Crippen LogP contribution in [0.25, 0.3) is 0 Å². The number of hydrogen-bond acceptors (Lipinski definition) is 2. The molecular formula is C29H47NO. The molecule has 0 amide bonds. The van der Waals surface area contributed by atoms with Gasteiger partial charge in [-0.2, -0.15) is 0 Å². The van der Waals surface area contributed by atoms with E-state index in [0.717, 1.165) is 43.4 Å². The van der Waals surface area contributed by atoms with Crippen LogP contribution in [0.4, 0.5) is 0 Å². The maximum atomic E-state index is 13.2. The first-order chi connectivity index (χ1) is 14.4. The number of nitrogens with two attached hydrogens (primary N) is 1. The quantitative estimate of drug-likeness (QED) is 0.457. The lowest BCUT2D eigenvalue weighted by Gasteiger charge is -2.68. The van der Waals surface area contributed by atoms with Gasteiger partial charge in [-0.1, -0.05) is 53.5 Å². The van der Waals surface area contributed by atoms with Crippen molar-refractivity contribution in [2.24, 2.45) is 51.1 Å². The summed E-state index contributed by atoms with van der Waals surface area (Å²) in [4.78, 5) is 13.2. The molecule has 0 bridgehead atoms. The molecule has 5 aliphatic carbocycles. The molecule has 31 heavy (non-hydrogen) atoms. The molecule has 2 nitrogen and oxygen atoms in total. The fraction of sp³-hybridized carbons (Fsp3) is 0.897. The first-order valence-electron chi connectivity index (χ1n) is 13.4. The molecule has 0 saturated heterocycles. The van der Waals surface area contributed by atoms with E-state index >= 15 is 0 Å². The Balaban J connectivity index is 1.59. The fourth-order valence-corrected chi connectivity index (χ4v) is 10.5. The number of ketones is 1. The number of hydrogen-bond donors (Lipinski definition) is 1. The minimum Gasteiger partial charge on any atom is -0.321 e. The number of allylic oxidation sites excluding steroid dienone is 1. The van der Waals surface area contributed by atoms with E-state index in [4.69, 9.17) is 5.73 Å². The predicted octanol–water partition coefficient (Wildman–Crippen LogP) is 7.07. The molecule has 0 aromatic rings. The van der Waals surface area contributed by atoms with Gasteiger partial charge in [-0.3, -0.25) is 4.79 Å². The molecule has 5 rings (SSSR count). The fourth-order valence-electron chi connectivity index (χ4n) is 10.5. The predicted molar refractivity (Wildman–Crippen MR) is 129 cm³/mol. The van der Waals surface area contributed by atoms with E-state index in [1.165, 1.54) is 50.5 Å². The number of carbonyl (C=O) groups is 1. The van der Waals surface area contributed by atoms with Crippen molar-refractivity contribution in [2.75, 3.05) is 0 Å². The second-order valence-electron chi connectivity index (χ2n) is 14.0. The molecule has 4 saturated carbocycles. The molecule has 2 heteroatoms. The summed E-state index contributed by atoms with van der Waals surface area (Å²) in [6.45, 7) is 14.4. The van der Waals surface area contributed by atoms with E-state index in [1.54, 1.807) is 0 Å². The summed E-state index contributed by atoms with van der Waals surface area (Å²) in [5.41, 5.74) is 9.31. The first kappa shape index (κ1) is 22.2. The molecule has 0 radical (unpaired) electrons. The summed E-state index contributed by atoms with van der Waals surface area (Å²) < 4.78 is 0. The molecule has 5 aliphatic rings. The number of fused-ring (bicyclic) bond motifs is 7. The monoisotopic (exact) mass is 425 g/mol. The highest BCUT2D eigenvalue weighted by molar-refractivity contribution is 5.85. The summed E-state index contributed by atoms with van der Waals surface area (Å²) in [5.74, 6) is 3.49. The van der Waals surface area contributed by atoms with Gasteiger partial charge in [0.2, 0.25) is 0 Å². The van der Waals surface area contributed by atoms with Crippen LogP contribution in [0.1, 0.15) is 112 Å². The molecule has 8 atom stereocenters. The van der Waals surface area contributed by atoms with Crippen molar-refractivity contribution >= 4 is 5.78 Å². The van der Waals surface area contributed by atoms with Crippen molar-refractivity contribution in [3.05, 3.63) is 11.6 Å². The number of rotatable bonds is 1. The average Bonchev–Trinajstić information content (AvgIpc) is 2.66. The largest absolute Gasteiger partial charge is 0.321 e. The van der Waals surface area contributed by atoms with Gasteiger partial charge in [-0.25, -0.2) is 0 Å². The Morgan fingerprint density at radius 2 is 1.71 bits per heavy atom. The lowest BCUT2D eigenvalue weighted by Crippen LogP contribution is -2.69. The minimum atomic E-state index is -0.435. The van der Waals surface area contributed by atoms with Gasteiger partial charge in [0.05, 0.1) is 11.0 Å². The number of Topliss-reactive ketones (excluding diaryl/α,β-unsaturated/α-hetero) is 1. The first-order valence-corrected chi connectivity index (χ1v) is 13.4. The summed E-state index contributed by atoms with van der Waals surface area (Å²) >= 11 is 0. The van der Waals surface area contributed by atoms with Crippen molar-refractivity contribution in [1.29, 1.82) is 0 Å². The molecule has 0 aliphatic heterocycles. The molecule has 0 heterocycles. The van der Waals surface area contributed by atoms with Gasteiger partial charge < -0.3 is 5.73 Å². The Kier molecular flexibility index (Phi) is 4.80. The topological polar surface area (TPSA) is 43.1 Å². The highest BCUT2D eigenvalue weighted by atomic mass is 16.1. The second kappa shape index (κ2) is 6.71. The lowest BCUT2D eigenvalue weighted by atomic mass is 9.37. The van der Waals surface area contributed by atoms with Crippen molar-refractivity contribution in [3.8, 4) is 0 Å². The SMILES string of the molecule is CC(=O)C12CCC3C(=CCC4C3(C)CCC3C(C)CCCC34C)C1(N)CC(C)(C)CC2. The zero-order valence-electron chi connectivity index (χ0n) is 21.2. The van der Waals surface area contributed by atoms with E-state index in [-0.39, 0.29) is 10.8 Å². The van der Waals surface area contributed by atoms with E-state index < -0.39 is 5.54 Å². The smallest absolute Gasteiger partial charge is 0.138 e. The third-order valence-electron chi connectivity index (χ3n) is 12.1. The molecule has 4 fully saturated rings. The van der Waals surface area contributed by atoms with Crippen molar-refractivity contribution < 1.29 is 4.79 Å². The van der Waals surface area contributed by atoms with Gasteiger partial charge in [0, 0.05) is 0 Å². The van der Waals surface area contributed by atoms with Crippen LogP contribution >= 0.6 is 0 Å². The van der Waals surface area contributed by atoms with E-state index in [2.05, 4.69) is 40.7 Å². The standard InChI is InChI=1S/C29H47NO/c1-19-8-7-13-26(5)21(19)11-14-27(6)22-12-15-28(20(2)31)17-16-25(3,4)18-29(28,30)23(22)9-10-24(26)27/h9,19,21-22,24H,7-8,10-18,30H2,1-6H3.